The van der Waals surface area contributed by atoms with Crippen molar-refractivity contribution in [2.45, 2.75) is 0 Å². The number of hydrogen-bond donors (Lipinski definition) is 1. The molecule has 1 fully saturated rings. The Morgan fingerprint density at radius 1 is 1.08 bits per heavy atom. The zero-order valence-corrected chi connectivity index (χ0v) is 13.7. The highest BCUT2D eigenvalue weighted by atomic mass is 32.1. The van der Waals surface area contributed by atoms with E-state index in [4.69, 9.17) is 9.72 Å². The van der Waals surface area contributed by atoms with Crippen LogP contribution in [0.4, 0.5) is 5.13 Å². The van der Waals surface area contributed by atoms with Gasteiger partial charge < -0.3 is 14.6 Å². The molecule has 1 aliphatic rings. The van der Waals surface area contributed by atoms with E-state index in [1.54, 1.807) is 17.5 Å². The summed E-state index contributed by atoms with van der Waals surface area (Å²) in [6, 6.07) is 6.13. The fourth-order valence-corrected chi connectivity index (χ4v) is 3.98. The molecular formula is C17H15N5OS. The SMILES string of the molecule is c1cc2[nH]c3nc(-c4cnc(N5CCOCC5)s4)ccc3c2cn1. The van der Waals surface area contributed by atoms with Crippen molar-refractivity contribution in [1.82, 2.24) is 19.9 Å². The highest BCUT2D eigenvalue weighted by Crippen LogP contribution is 2.32. The number of ether oxygens (including phenoxy) is 1. The zero-order valence-electron chi connectivity index (χ0n) is 12.9. The monoisotopic (exact) mass is 337 g/mol. The predicted molar refractivity (Wildman–Crippen MR) is 95.5 cm³/mol. The molecule has 0 radical (unpaired) electrons. The highest BCUT2D eigenvalue weighted by Gasteiger charge is 2.16. The molecule has 1 N–H and O–H groups in total. The van der Waals surface area contributed by atoms with Crippen LogP contribution in [0.5, 0.6) is 0 Å². The molecule has 4 aromatic rings. The summed E-state index contributed by atoms with van der Waals surface area (Å²) in [6.45, 7) is 3.33. The number of nitrogens with zero attached hydrogens (tertiary/aromatic N) is 4. The zero-order chi connectivity index (χ0) is 15.9. The van der Waals surface area contributed by atoms with Gasteiger partial charge in [-0.15, -0.1) is 0 Å². The Hall–Kier alpha value is -2.51. The van der Waals surface area contributed by atoms with Crippen molar-refractivity contribution in [2.24, 2.45) is 0 Å². The van der Waals surface area contributed by atoms with Crippen molar-refractivity contribution in [3.8, 4) is 10.6 Å². The molecule has 0 spiro atoms. The summed E-state index contributed by atoms with van der Waals surface area (Å²) in [5, 5.41) is 3.24. The van der Waals surface area contributed by atoms with E-state index in [2.05, 4.69) is 32.0 Å². The second-order valence-electron chi connectivity index (χ2n) is 5.75. The fourth-order valence-electron chi connectivity index (χ4n) is 3.04. The standard InChI is InChI=1S/C17H15N5OS/c1-2-14(15-10-19-17(24-15)22-5-7-23-8-6-22)21-16-11(1)12-9-18-4-3-13(12)20-16/h1-4,9-10H,5-8H2,(H,20,21). The molecule has 0 amide bonds. The molecule has 0 atom stereocenters. The number of pyridine rings is 2. The normalized spacial score (nSPS) is 15.4. The number of aromatic nitrogens is 4. The number of rotatable bonds is 2. The topological polar surface area (TPSA) is 66.9 Å². The molecule has 24 heavy (non-hydrogen) atoms. The molecule has 5 rings (SSSR count). The van der Waals surface area contributed by atoms with Crippen LogP contribution in [0.15, 0.2) is 36.8 Å². The number of aromatic amines is 1. The summed E-state index contributed by atoms with van der Waals surface area (Å²) in [5.41, 5.74) is 2.89. The number of hydrogen-bond acceptors (Lipinski definition) is 6. The summed E-state index contributed by atoms with van der Waals surface area (Å²) >= 11 is 1.68. The lowest BCUT2D eigenvalue weighted by Crippen LogP contribution is -2.36. The third-order valence-corrected chi connectivity index (χ3v) is 5.37. The molecule has 0 aromatic carbocycles. The molecular weight excluding hydrogens is 322 g/mol. The average molecular weight is 337 g/mol. The average Bonchev–Trinajstić information content (AvgIpc) is 3.27. The summed E-state index contributed by atoms with van der Waals surface area (Å²) in [6.07, 6.45) is 5.57. The van der Waals surface area contributed by atoms with Gasteiger partial charge in [0.05, 0.1) is 29.3 Å². The van der Waals surface area contributed by atoms with Gasteiger partial charge in [0.25, 0.3) is 0 Å². The van der Waals surface area contributed by atoms with Crippen LogP contribution in [-0.4, -0.2) is 46.2 Å². The van der Waals surface area contributed by atoms with Crippen LogP contribution in [0.2, 0.25) is 0 Å². The van der Waals surface area contributed by atoms with Crippen molar-refractivity contribution >= 4 is 38.4 Å². The van der Waals surface area contributed by atoms with Crippen LogP contribution in [0.25, 0.3) is 32.5 Å². The molecule has 1 aliphatic heterocycles. The Labute approximate surface area is 142 Å². The van der Waals surface area contributed by atoms with E-state index in [1.807, 2.05) is 18.5 Å². The first kappa shape index (κ1) is 13.9. The number of anilines is 1. The van der Waals surface area contributed by atoms with E-state index in [0.717, 1.165) is 63.9 Å². The number of nitrogens with one attached hydrogen (secondary N) is 1. The Balaban J connectivity index is 1.54. The quantitative estimate of drug-likeness (QED) is 0.609. The van der Waals surface area contributed by atoms with Crippen molar-refractivity contribution in [2.75, 3.05) is 31.2 Å². The second kappa shape index (κ2) is 5.54. The number of morpholine rings is 1. The van der Waals surface area contributed by atoms with Gasteiger partial charge in [-0.25, -0.2) is 9.97 Å². The summed E-state index contributed by atoms with van der Waals surface area (Å²) in [4.78, 5) is 20.3. The summed E-state index contributed by atoms with van der Waals surface area (Å²) < 4.78 is 5.40. The number of fused-ring (bicyclic) bond motifs is 3. The van der Waals surface area contributed by atoms with Crippen LogP contribution < -0.4 is 4.90 Å². The Kier molecular flexibility index (Phi) is 3.20. The molecule has 120 valence electrons. The van der Waals surface area contributed by atoms with Gasteiger partial charge in [0.15, 0.2) is 5.13 Å². The van der Waals surface area contributed by atoms with E-state index in [0.29, 0.717) is 0 Å². The largest absolute Gasteiger partial charge is 0.378 e. The van der Waals surface area contributed by atoms with Crippen LogP contribution in [0.1, 0.15) is 0 Å². The maximum absolute atomic E-state index is 5.40. The molecule has 1 saturated heterocycles. The van der Waals surface area contributed by atoms with E-state index in [1.165, 1.54) is 0 Å². The van der Waals surface area contributed by atoms with E-state index < -0.39 is 0 Å². The minimum atomic E-state index is 0.766. The molecule has 6 nitrogen and oxygen atoms in total. The Morgan fingerprint density at radius 2 is 2.00 bits per heavy atom. The van der Waals surface area contributed by atoms with Gasteiger partial charge in [-0.2, -0.15) is 0 Å². The lowest BCUT2D eigenvalue weighted by atomic mass is 10.2. The lowest BCUT2D eigenvalue weighted by Gasteiger charge is -2.25. The molecule has 0 bridgehead atoms. The number of thiazole rings is 1. The van der Waals surface area contributed by atoms with Crippen molar-refractivity contribution in [3.63, 3.8) is 0 Å². The lowest BCUT2D eigenvalue weighted by molar-refractivity contribution is 0.122. The van der Waals surface area contributed by atoms with Gasteiger partial charge in [0.1, 0.15) is 5.65 Å². The van der Waals surface area contributed by atoms with Gasteiger partial charge in [0.2, 0.25) is 0 Å². The van der Waals surface area contributed by atoms with E-state index in [9.17, 15) is 0 Å². The van der Waals surface area contributed by atoms with E-state index >= 15 is 0 Å². The van der Waals surface area contributed by atoms with Gasteiger partial charge in [0, 0.05) is 42.5 Å². The fraction of sp³-hybridized carbons (Fsp3) is 0.235. The van der Waals surface area contributed by atoms with Crippen LogP contribution in [0.3, 0.4) is 0 Å². The summed E-state index contributed by atoms with van der Waals surface area (Å²) in [5.74, 6) is 0. The first-order valence-corrected chi connectivity index (χ1v) is 8.71. The van der Waals surface area contributed by atoms with Crippen molar-refractivity contribution in [3.05, 3.63) is 36.8 Å². The Morgan fingerprint density at radius 3 is 2.92 bits per heavy atom. The molecule has 4 aromatic heterocycles. The highest BCUT2D eigenvalue weighted by molar-refractivity contribution is 7.18. The minimum Gasteiger partial charge on any atom is -0.378 e. The minimum absolute atomic E-state index is 0.766. The Bertz CT molecular complexity index is 1020. The van der Waals surface area contributed by atoms with Crippen molar-refractivity contribution in [1.29, 1.82) is 0 Å². The molecule has 5 heterocycles. The first-order chi connectivity index (χ1) is 11.9. The maximum atomic E-state index is 5.40. The van der Waals surface area contributed by atoms with Gasteiger partial charge >= 0.3 is 0 Å². The number of H-pyrrole nitrogens is 1. The van der Waals surface area contributed by atoms with Gasteiger partial charge in [-0.3, -0.25) is 4.98 Å². The molecule has 0 unspecified atom stereocenters. The predicted octanol–water partition coefficient (Wildman–Crippen LogP) is 3.07. The first-order valence-electron chi connectivity index (χ1n) is 7.90. The third-order valence-electron chi connectivity index (χ3n) is 4.29. The smallest absolute Gasteiger partial charge is 0.186 e. The van der Waals surface area contributed by atoms with E-state index in [-0.39, 0.29) is 0 Å². The second-order valence-corrected chi connectivity index (χ2v) is 6.75. The van der Waals surface area contributed by atoms with Gasteiger partial charge in [-0.1, -0.05) is 11.3 Å². The summed E-state index contributed by atoms with van der Waals surface area (Å²) in [7, 11) is 0. The van der Waals surface area contributed by atoms with Gasteiger partial charge in [-0.05, 0) is 18.2 Å². The van der Waals surface area contributed by atoms with Crippen molar-refractivity contribution < 1.29 is 4.74 Å². The van der Waals surface area contributed by atoms with Crippen LogP contribution in [-0.2, 0) is 4.74 Å². The third kappa shape index (κ3) is 2.24. The molecule has 0 aliphatic carbocycles. The van der Waals surface area contributed by atoms with Crippen LogP contribution >= 0.6 is 11.3 Å². The van der Waals surface area contributed by atoms with Crippen LogP contribution in [0, 0.1) is 0 Å². The molecule has 0 saturated carbocycles. The maximum Gasteiger partial charge on any atom is 0.186 e. The molecule has 7 heteroatoms.